The van der Waals surface area contributed by atoms with Gasteiger partial charge in [-0.25, -0.2) is 0 Å². The van der Waals surface area contributed by atoms with Gasteiger partial charge in [0.25, 0.3) is 0 Å². The van der Waals surface area contributed by atoms with Crippen LogP contribution >= 0.6 is 0 Å². The first-order chi connectivity index (χ1) is 14.4. The molecule has 0 aliphatic carbocycles. The van der Waals surface area contributed by atoms with Gasteiger partial charge in [0.1, 0.15) is 23.7 Å². The monoisotopic (exact) mass is 405 g/mol. The molecule has 30 heavy (non-hydrogen) atoms. The van der Waals surface area contributed by atoms with Crippen molar-refractivity contribution < 1.29 is 14.9 Å². The number of ether oxygens (including phenoxy) is 1. The lowest BCUT2D eigenvalue weighted by molar-refractivity contribution is 0.0474. The first-order valence-electron chi connectivity index (χ1n) is 10.4. The molecular formula is C26H31NO3. The molecule has 3 aromatic rings. The van der Waals surface area contributed by atoms with Crippen LogP contribution in [-0.2, 0) is 5.60 Å². The van der Waals surface area contributed by atoms with Crippen molar-refractivity contribution in [2.75, 3.05) is 27.2 Å². The average molecular weight is 406 g/mol. The van der Waals surface area contributed by atoms with Gasteiger partial charge in [-0.15, -0.1) is 0 Å². The number of phenols is 1. The zero-order chi connectivity index (χ0) is 21.6. The van der Waals surface area contributed by atoms with Gasteiger partial charge >= 0.3 is 0 Å². The van der Waals surface area contributed by atoms with Gasteiger partial charge in [-0.1, -0.05) is 61.5 Å². The van der Waals surface area contributed by atoms with Gasteiger partial charge in [0, 0.05) is 12.5 Å². The summed E-state index contributed by atoms with van der Waals surface area (Å²) >= 11 is 0. The lowest BCUT2D eigenvalue weighted by Crippen LogP contribution is -2.34. The van der Waals surface area contributed by atoms with E-state index in [-0.39, 0.29) is 11.7 Å². The number of rotatable bonds is 9. The second kappa shape index (κ2) is 9.79. The normalized spacial score (nSPS) is 14.3. The van der Waals surface area contributed by atoms with Gasteiger partial charge in [0.2, 0.25) is 0 Å². The molecule has 3 rings (SSSR count). The second-order valence-corrected chi connectivity index (χ2v) is 7.86. The Bertz CT molecular complexity index is 925. The van der Waals surface area contributed by atoms with E-state index < -0.39 is 5.60 Å². The maximum Gasteiger partial charge on any atom is 0.122 e. The highest BCUT2D eigenvalue weighted by Crippen LogP contribution is 2.45. The molecule has 4 heteroatoms. The Morgan fingerprint density at radius 3 is 2.20 bits per heavy atom. The van der Waals surface area contributed by atoms with E-state index in [2.05, 4.69) is 11.8 Å². The lowest BCUT2D eigenvalue weighted by atomic mass is 9.72. The predicted molar refractivity (Wildman–Crippen MR) is 121 cm³/mol. The number of nitrogens with zero attached hydrogens (tertiary/aromatic N) is 1. The Kier molecular flexibility index (Phi) is 7.14. The topological polar surface area (TPSA) is 52.9 Å². The van der Waals surface area contributed by atoms with E-state index in [0.29, 0.717) is 12.2 Å². The minimum absolute atomic E-state index is 0.137. The van der Waals surface area contributed by atoms with Crippen molar-refractivity contribution in [1.82, 2.24) is 4.90 Å². The Balaban J connectivity index is 2.02. The summed E-state index contributed by atoms with van der Waals surface area (Å²) in [6.45, 7) is 3.51. The molecule has 0 aliphatic rings. The number of likely N-dealkylation sites (N-methyl/N-ethyl adjacent to an activating group) is 1. The highest BCUT2D eigenvalue weighted by molar-refractivity contribution is 5.45. The Hall–Kier alpha value is -2.82. The molecule has 4 nitrogen and oxygen atoms in total. The van der Waals surface area contributed by atoms with E-state index in [0.717, 1.165) is 29.8 Å². The first-order valence-corrected chi connectivity index (χ1v) is 10.4. The molecule has 0 spiro atoms. The molecule has 0 aliphatic heterocycles. The highest BCUT2D eigenvalue weighted by atomic mass is 16.5. The van der Waals surface area contributed by atoms with Crippen molar-refractivity contribution in [3.63, 3.8) is 0 Å². The fourth-order valence-electron chi connectivity index (χ4n) is 3.92. The highest BCUT2D eigenvalue weighted by Gasteiger charge is 2.40. The van der Waals surface area contributed by atoms with Crippen LogP contribution in [0, 0.1) is 0 Å². The summed E-state index contributed by atoms with van der Waals surface area (Å²) in [5.41, 5.74) is 1.19. The molecule has 0 amide bonds. The molecule has 2 atom stereocenters. The van der Waals surface area contributed by atoms with Crippen LogP contribution in [0.4, 0.5) is 0 Å². The number of aromatic hydroxyl groups is 1. The number of benzene rings is 3. The summed E-state index contributed by atoms with van der Waals surface area (Å²) in [5, 5.41) is 22.3. The van der Waals surface area contributed by atoms with Gasteiger partial charge in [0.05, 0.1) is 0 Å². The van der Waals surface area contributed by atoms with E-state index in [1.807, 2.05) is 74.8 Å². The Morgan fingerprint density at radius 2 is 1.60 bits per heavy atom. The summed E-state index contributed by atoms with van der Waals surface area (Å²) < 4.78 is 5.82. The summed E-state index contributed by atoms with van der Waals surface area (Å²) in [7, 11) is 4.02. The van der Waals surface area contributed by atoms with E-state index in [1.165, 1.54) is 0 Å². The maximum absolute atomic E-state index is 12.2. The molecule has 3 aromatic carbocycles. The van der Waals surface area contributed by atoms with Crippen molar-refractivity contribution in [2.24, 2.45) is 0 Å². The van der Waals surface area contributed by atoms with Crippen molar-refractivity contribution in [3.05, 3.63) is 95.6 Å². The quantitative estimate of drug-likeness (QED) is 0.539. The molecule has 158 valence electrons. The van der Waals surface area contributed by atoms with Gasteiger partial charge in [-0.2, -0.15) is 0 Å². The largest absolute Gasteiger partial charge is 0.508 e. The second-order valence-electron chi connectivity index (χ2n) is 7.86. The number of aliphatic hydroxyl groups is 1. The third-order valence-electron chi connectivity index (χ3n) is 5.50. The Morgan fingerprint density at radius 1 is 0.900 bits per heavy atom. The molecule has 0 bridgehead atoms. The van der Waals surface area contributed by atoms with Gasteiger partial charge < -0.3 is 19.8 Å². The summed E-state index contributed by atoms with van der Waals surface area (Å²) in [6, 6.07) is 24.6. The Labute approximate surface area is 179 Å². The molecule has 0 saturated carbocycles. The van der Waals surface area contributed by atoms with Crippen molar-refractivity contribution >= 4 is 0 Å². The number of hydrogen-bond donors (Lipinski definition) is 2. The van der Waals surface area contributed by atoms with Gasteiger partial charge in [-0.3, -0.25) is 0 Å². The lowest BCUT2D eigenvalue weighted by Gasteiger charge is -2.37. The van der Waals surface area contributed by atoms with Crippen molar-refractivity contribution in [2.45, 2.75) is 24.9 Å². The van der Waals surface area contributed by atoms with Crippen LogP contribution in [0.25, 0.3) is 0 Å². The molecule has 2 N–H and O–H groups in total. The summed E-state index contributed by atoms with van der Waals surface area (Å²) in [6.07, 6.45) is 0.733. The maximum atomic E-state index is 12.2. The third kappa shape index (κ3) is 4.84. The van der Waals surface area contributed by atoms with Crippen molar-refractivity contribution in [3.8, 4) is 11.5 Å². The predicted octanol–water partition coefficient (Wildman–Crippen LogP) is 4.76. The van der Waals surface area contributed by atoms with Crippen LogP contribution in [0.3, 0.4) is 0 Å². The van der Waals surface area contributed by atoms with Gasteiger partial charge in [0.15, 0.2) is 0 Å². The van der Waals surface area contributed by atoms with E-state index in [4.69, 9.17) is 4.74 Å². The smallest absolute Gasteiger partial charge is 0.122 e. The minimum Gasteiger partial charge on any atom is -0.508 e. The van der Waals surface area contributed by atoms with Crippen LogP contribution in [0.15, 0.2) is 78.9 Å². The molecule has 0 unspecified atom stereocenters. The van der Waals surface area contributed by atoms with Crippen LogP contribution in [-0.4, -0.2) is 42.4 Å². The van der Waals surface area contributed by atoms with Crippen LogP contribution < -0.4 is 4.74 Å². The zero-order valence-corrected chi connectivity index (χ0v) is 18.0. The van der Waals surface area contributed by atoms with Gasteiger partial charge in [-0.05, 0) is 61.5 Å². The number of hydrogen-bond acceptors (Lipinski definition) is 4. The number of phenolic OH excluding ortho intramolecular Hbond substituents is 1. The van der Waals surface area contributed by atoms with Crippen LogP contribution in [0.2, 0.25) is 0 Å². The molecule has 0 heterocycles. The zero-order valence-electron chi connectivity index (χ0n) is 18.0. The van der Waals surface area contributed by atoms with Crippen molar-refractivity contribution in [1.29, 1.82) is 0 Å². The molecular weight excluding hydrogens is 374 g/mol. The van der Waals surface area contributed by atoms with Crippen LogP contribution in [0.5, 0.6) is 11.5 Å². The standard InChI is InChI=1S/C26H31NO3/c1-4-25(20-9-6-5-7-10-20)26(29,22-11-8-12-23(28)19-22)21-13-15-24(16-14-21)30-18-17-27(2)3/h5-16,19,25,28-29H,4,17-18H2,1-3H3/t25-,26-/m0/s1. The van der Waals surface area contributed by atoms with E-state index >= 15 is 0 Å². The molecule has 0 saturated heterocycles. The minimum atomic E-state index is -1.29. The molecule has 0 radical (unpaired) electrons. The van der Waals surface area contributed by atoms with E-state index in [9.17, 15) is 10.2 Å². The molecule has 0 aromatic heterocycles. The van der Waals surface area contributed by atoms with Crippen LogP contribution in [0.1, 0.15) is 36.0 Å². The first kappa shape index (κ1) is 21.9. The fraction of sp³-hybridized carbons (Fsp3) is 0.308. The summed E-state index contributed by atoms with van der Waals surface area (Å²) in [5.74, 6) is 0.727. The summed E-state index contributed by atoms with van der Waals surface area (Å²) in [4.78, 5) is 2.07. The third-order valence-corrected chi connectivity index (χ3v) is 5.50. The van der Waals surface area contributed by atoms with E-state index in [1.54, 1.807) is 18.2 Å². The SMILES string of the molecule is CC[C@@H](c1ccccc1)[C@](O)(c1ccc(OCCN(C)C)cc1)c1cccc(O)c1. The fourth-order valence-corrected chi connectivity index (χ4v) is 3.92. The average Bonchev–Trinajstić information content (AvgIpc) is 2.75. The molecule has 0 fully saturated rings.